The van der Waals surface area contributed by atoms with E-state index in [2.05, 4.69) is 12.9 Å². The second-order valence-electron chi connectivity index (χ2n) is 0.889. The van der Waals surface area contributed by atoms with Crippen molar-refractivity contribution in [3.8, 4) is 0 Å². The number of rotatable bonds is 2. The van der Waals surface area contributed by atoms with Crippen molar-refractivity contribution in [1.29, 1.82) is 0 Å². The standard InChI is InChI=1S/ClH.2Cr.H2O.5O/h1H;;;1H2;;;;;/q;2*+1;;;;;;/p-2. The van der Waals surface area contributed by atoms with Gasteiger partial charge in [0.25, 0.3) is 0 Å². The maximum atomic E-state index is 9.74. The van der Waals surface area contributed by atoms with E-state index in [0.29, 0.717) is 0 Å². The number of hydrogen-bond donors (Lipinski definition) is 1. The van der Waals surface area contributed by atoms with E-state index in [-0.39, 0.29) is 0 Å². The van der Waals surface area contributed by atoms with Gasteiger partial charge >= 0.3 is 58.2 Å². The Hall–Kier alpha value is 0.475. The molecule has 0 rings (SSSR count). The van der Waals surface area contributed by atoms with Crippen molar-refractivity contribution in [2.75, 3.05) is 0 Å². The Kier molecular flexibility index (Phi) is 2.75. The number of hydrogen-bond acceptors (Lipinski definition) is 5. The summed E-state index contributed by atoms with van der Waals surface area (Å²) in [6, 6.07) is 0. The minimum absolute atomic E-state index is 3.04. The molecule has 0 aliphatic carbocycles. The van der Waals surface area contributed by atoms with Crippen molar-refractivity contribution in [3.05, 3.63) is 0 Å². The third-order valence-electron chi connectivity index (χ3n) is 0.167. The molecule has 0 aliphatic heterocycles. The van der Waals surface area contributed by atoms with Gasteiger partial charge in [-0.2, -0.15) is 0 Å². The number of halogens is 1. The van der Waals surface area contributed by atoms with Gasteiger partial charge < -0.3 is 0 Å². The fourth-order valence-corrected chi connectivity index (χ4v) is 2.85. The quantitative estimate of drug-likeness (QED) is 0.699. The first-order chi connectivity index (χ1) is 3.71. The van der Waals surface area contributed by atoms with Crippen LogP contribution in [-0.4, -0.2) is 4.16 Å². The van der Waals surface area contributed by atoms with Gasteiger partial charge in [0.05, 0.1) is 0 Å². The molecule has 9 heteroatoms. The summed E-state index contributed by atoms with van der Waals surface area (Å²) in [6.45, 7) is 0. The summed E-state index contributed by atoms with van der Waals surface area (Å²) in [5.74, 6) is 0. The summed E-state index contributed by atoms with van der Waals surface area (Å²) in [5.41, 5.74) is 0. The average Bonchev–Trinajstić information content (AvgIpc) is 1.14. The van der Waals surface area contributed by atoms with Crippen LogP contribution in [-0.2, 0) is 44.0 Å². The van der Waals surface area contributed by atoms with Gasteiger partial charge in [0, 0.05) is 0 Å². The zero-order valence-corrected chi connectivity index (χ0v) is 6.99. The first-order valence-electron chi connectivity index (χ1n) is 1.34. The van der Waals surface area contributed by atoms with Gasteiger partial charge in [-0.25, -0.2) is 0 Å². The van der Waals surface area contributed by atoms with Crippen molar-refractivity contribution in [2.45, 2.75) is 0 Å². The van der Waals surface area contributed by atoms with E-state index >= 15 is 0 Å². The molecule has 6 nitrogen and oxygen atoms in total. The molecule has 0 aromatic rings. The van der Waals surface area contributed by atoms with Crippen LogP contribution >= 0.6 is 10.0 Å². The fourth-order valence-electron chi connectivity index (χ4n) is 0.103. The van der Waals surface area contributed by atoms with E-state index in [1.807, 2.05) is 0 Å². The van der Waals surface area contributed by atoms with Gasteiger partial charge in [-0.3, -0.25) is 0 Å². The SMILES string of the molecule is [O]=[Cr](=[O])([OH])[O][Cr](=[O])(=[O])[Cl]. The third kappa shape index (κ3) is 8.47. The summed E-state index contributed by atoms with van der Waals surface area (Å²) < 4.78 is 49.5. The molecule has 0 atom stereocenters. The zero-order valence-electron chi connectivity index (χ0n) is 3.68. The van der Waals surface area contributed by atoms with E-state index in [1.165, 1.54) is 0 Å². The summed E-state index contributed by atoms with van der Waals surface area (Å²) in [7, 11) is 4.32. The Balaban J connectivity index is 4.46. The molecule has 56 valence electrons. The van der Waals surface area contributed by atoms with E-state index in [4.69, 9.17) is 4.16 Å². The van der Waals surface area contributed by atoms with Crippen LogP contribution in [0, 0.1) is 0 Å². The summed E-state index contributed by atoms with van der Waals surface area (Å²) in [4.78, 5) is 0. The zero-order chi connectivity index (χ0) is 7.71. The fraction of sp³-hybridized carbons (Fsp3) is 0. The molecule has 0 unspecified atom stereocenters. The Morgan fingerprint density at radius 2 is 1.56 bits per heavy atom. The Morgan fingerprint density at radius 3 is 1.56 bits per heavy atom. The van der Waals surface area contributed by atoms with Crippen LogP contribution in [0.2, 0.25) is 0 Å². The van der Waals surface area contributed by atoms with Crippen LogP contribution < -0.4 is 0 Å². The van der Waals surface area contributed by atoms with Gasteiger partial charge in [-0.1, -0.05) is 0 Å². The molecule has 0 bridgehead atoms. The molecular weight excluding hydrogens is 235 g/mol. The molecule has 0 aromatic carbocycles. The Labute approximate surface area is 58.4 Å². The monoisotopic (exact) mass is 236 g/mol. The van der Waals surface area contributed by atoms with Gasteiger partial charge in [-0.15, -0.1) is 0 Å². The molecule has 0 amide bonds. The van der Waals surface area contributed by atoms with Gasteiger partial charge in [-0.05, 0) is 0 Å². The molecule has 0 radical (unpaired) electrons. The van der Waals surface area contributed by atoms with E-state index in [9.17, 15) is 15.2 Å². The summed E-state index contributed by atoms with van der Waals surface area (Å²) in [5, 5.41) is 0. The predicted octanol–water partition coefficient (Wildman–Crippen LogP) is -0.416. The normalized spacial score (nSPS) is 13.6. The Bertz CT molecular complexity index is 236. The van der Waals surface area contributed by atoms with Crippen molar-refractivity contribution in [2.24, 2.45) is 0 Å². The van der Waals surface area contributed by atoms with Crippen LogP contribution in [0.3, 0.4) is 0 Å². The Morgan fingerprint density at radius 1 is 1.22 bits per heavy atom. The van der Waals surface area contributed by atoms with Crippen LogP contribution in [0.4, 0.5) is 0 Å². The first kappa shape index (κ1) is 9.47. The molecule has 1 N–H and O–H groups in total. The van der Waals surface area contributed by atoms with Crippen molar-refractivity contribution in [3.63, 3.8) is 0 Å². The molecule has 0 aliphatic rings. The van der Waals surface area contributed by atoms with Crippen LogP contribution in [0.5, 0.6) is 0 Å². The molecule has 0 spiro atoms. The predicted molar refractivity (Wildman–Crippen MR) is 11.9 cm³/mol. The summed E-state index contributed by atoms with van der Waals surface area (Å²) >= 11 is -10.9. The molecule has 9 heavy (non-hydrogen) atoms. The van der Waals surface area contributed by atoms with Gasteiger partial charge in [0.1, 0.15) is 0 Å². The topological polar surface area (TPSA) is 97.7 Å². The molecular formula is HClCr2O6. The second kappa shape index (κ2) is 2.61. The molecule has 0 heterocycles. The first-order valence-corrected chi connectivity index (χ1v) is 6.78. The molecule has 0 saturated carbocycles. The van der Waals surface area contributed by atoms with Crippen molar-refractivity contribution in [1.82, 2.24) is 0 Å². The maximum absolute atomic E-state index is 9.74. The molecule has 0 fully saturated rings. The van der Waals surface area contributed by atoms with E-state index < -0.39 is 26.0 Å². The van der Waals surface area contributed by atoms with Crippen LogP contribution in [0.1, 0.15) is 0 Å². The molecule has 0 saturated heterocycles. The average molecular weight is 236 g/mol. The van der Waals surface area contributed by atoms with Crippen molar-refractivity contribution >= 4 is 10.0 Å². The molecule has 0 aromatic heterocycles. The van der Waals surface area contributed by atoms with Crippen molar-refractivity contribution < 1.29 is 48.2 Å². The van der Waals surface area contributed by atoms with Crippen LogP contribution in [0.25, 0.3) is 0 Å². The minimum atomic E-state index is -5.64. The van der Waals surface area contributed by atoms with Crippen LogP contribution in [0.15, 0.2) is 0 Å². The third-order valence-corrected chi connectivity index (χ3v) is 3.72. The van der Waals surface area contributed by atoms with Gasteiger partial charge in [0.2, 0.25) is 0 Å². The summed E-state index contributed by atoms with van der Waals surface area (Å²) in [6.07, 6.45) is 0. The van der Waals surface area contributed by atoms with E-state index in [0.717, 1.165) is 0 Å². The van der Waals surface area contributed by atoms with E-state index in [1.54, 1.807) is 0 Å². The van der Waals surface area contributed by atoms with Gasteiger partial charge in [0.15, 0.2) is 0 Å². The second-order valence-corrected chi connectivity index (χ2v) is 6.10.